The van der Waals surface area contributed by atoms with E-state index in [0.717, 1.165) is 33.5 Å². The van der Waals surface area contributed by atoms with Gasteiger partial charge in [-0.25, -0.2) is 4.63 Å². The fourth-order valence-corrected chi connectivity index (χ4v) is 4.84. The van der Waals surface area contributed by atoms with E-state index in [9.17, 15) is 10.1 Å². The largest absolute Gasteiger partial charge is 0.378 e. The second-order valence-electron chi connectivity index (χ2n) is 8.88. The Bertz CT molecular complexity index is 1700. The predicted octanol–water partition coefficient (Wildman–Crippen LogP) is 5.67. The maximum absolute atomic E-state index is 12.4. The third kappa shape index (κ3) is 3.22. The molecule has 172 valence electrons. The number of anilines is 1. The molecule has 35 heavy (non-hydrogen) atoms. The molecule has 2 aromatic heterocycles. The number of allylic oxidation sites excluding steroid dienone is 2. The van der Waals surface area contributed by atoms with Crippen molar-refractivity contribution in [1.82, 2.24) is 14.9 Å². The molecular weight excluding hydrogens is 442 g/mol. The van der Waals surface area contributed by atoms with E-state index in [0.29, 0.717) is 27.4 Å². The summed E-state index contributed by atoms with van der Waals surface area (Å²) in [6.45, 7) is 0. The standard InChI is InChI=1S/C27H21N5O3/c1-30(2)18-10-8-16(9-11-18)12-17-13-21(20-7-5-4-6-19(17)20)24-26-25(28-35-29-26)22-14-31(3)15-23(22)27(24)32(33)34/h4-15H,1-3H3/b17-12+. The molecule has 0 unspecified atom stereocenters. The van der Waals surface area contributed by atoms with Crippen molar-refractivity contribution in [1.29, 1.82) is 0 Å². The third-order valence-electron chi connectivity index (χ3n) is 6.44. The van der Waals surface area contributed by atoms with Crippen molar-refractivity contribution in [3.8, 4) is 0 Å². The number of hydrogen-bond acceptors (Lipinski definition) is 6. The van der Waals surface area contributed by atoms with Crippen LogP contribution < -0.4 is 4.90 Å². The second kappa shape index (κ2) is 7.66. The normalized spacial score (nSPS) is 14.0. The van der Waals surface area contributed by atoms with Crippen LogP contribution in [0.1, 0.15) is 22.3 Å². The SMILES string of the molecule is CN(C)c1ccc(/C=C2\C=C(c3c([N+](=O)[O-])c4cn(C)cc4c4nonc34)c3ccccc32)cc1. The van der Waals surface area contributed by atoms with E-state index in [1.165, 1.54) is 0 Å². The van der Waals surface area contributed by atoms with Crippen molar-refractivity contribution in [3.05, 3.63) is 99.4 Å². The fourth-order valence-electron chi connectivity index (χ4n) is 4.84. The van der Waals surface area contributed by atoms with Crippen molar-refractivity contribution < 1.29 is 9.55 Å². The van der Waals surface area contributed by atoms with Gasteiger partial charge in [-0.1, -0.05) is 36.4 Å². The van der Waals surface area contributed by atoms with Crippen LogP contribution in [0.3, 0.4) is 0 Å². The van der Waals surface area contributed by atoms with Gasteiger partial charge in [0.15, 0.2) is 5.52 Å². The molecule has 8 nitrogen and oxygen atoms in total. The first kappa shape index (κ1) is 20.9. The van der Waals surface area contributed by atoms with Gasteiger partial charge in [0.05, 0.1) is 15.9 Å². The first-order valence-corrected chi connectivity index (χ1v) is 11.1. The molecule has 1 aliphatic rings. The number of nitro benzene ring substituents is 1. The zero-order valence-corrected chi connectivity index (χ0v) is 19.4. The van der Waals surface area contributed by atoms with E-state index in [4.69, 9.17) is 4.63 Å². The van der Waals surface area contributed by atoms with E-state index in [-0.39, 0.29) is 10.6 Å². The summed E-state index contributed by atoms with van der Waals surface area (Å²) < 4.78 is 6.87. The summed E-state index contributed by atoms with van der Waals surface area (Å²) >= 11 is 0. The summed E-state index contributed by atoms with van der Waals surface area (Å²) in [6, 6.07) is 16.2. The molecule has 1 aliphatic carbocycles. The Hall–Kier alpha value is -4.72. The molecular formula is C27H21N5O3. The van der Waals surface area contributed by atoms with Crippen LogP contribution in [0, 0.1) is 10.1 Å². The smallest absolute Gasteiger partial charge is 0.288 e. The van der Waals surface area contributed by atoms with Crippen molar-refractivity contribution in [3.63, 3.8) is 0 Å². The number of hydrogen-bond donors (Lipinski definition) is 0. The minimum Gasteiger partial charge on any atom is -0.378 e. The van der Waals surface area contributed by atoms with Crippen LogP contribution in [0.4, 0.5) is 11.4 Å². The molecule has 0 spiro atoms. The number of aromatic nitrogens is 3. The number of fused-ring (bicyclic) bond motifs is 4. The van der Waals surface area contributed by atoms with E-state index < -0.39 is 0 Å². The average Bonchev–Trinajstić information content (AvgIpc) is 3.55. The Morgan fingerprint density at radius 1 is 0.971 bits per heavy atom. The number of aryl methyl sites for hydroxylation is 1. The zero-order chi connectivity index (χ0) is 24.3. The van der Waals surface area contributed by atoms with Crippen LogP contribution in [-0.2, 0) is 7.05 Å². The maximum Gasteiger partial charge on any atom is 0.288 e. The van der Waals surface area contributed by atoms with Crippen LogP contribution in [0.5, 0.6) is 0 Å². The molecule has 0 fully saturated rings. The van der Waals surface area contributed by atoms with Gasteiger partial charge in [-0.3, -0.25) is 10.1 Å². The first-order valence-electron chi connectivity index (χ1n) is 11.1. The summed E-state index contributed by atoms with van der Waals surface area (Å²) in [7, 11) is 5.84. The van der Waals surface area contributed by atoms with Crippen LogP contribution >= 0.6 is 0 Å². The Morgan fingerprint density at radius 3 is 2.37 bits per heavy atom. The molecule has 0 N–H and O–H groups in total. The first-order chi connectivity index (χ1) is 16.9. The Kier molecular flexibility index (Phi) is 4.57. The highest BCUT2D eigenvalue weighted by molar-refractivity contribution is 6.18. The Balaban J connectivity index is 1.62. The van der Waals surface area contributed by atoms with Gasteiger partial charge in [0.2, 0.25) is 0 Å². The van der Waals surface area contributed by atoms with Gasteiger partial charge in [0.25, 0.3) is 5.69 Å². The number of nitrogens with zero attached hydrogens (tertiary/aromatic N) is 5. The van der Waals surface area contributed by atoms with Crippen LogP contribution in [0.15, 0.2) is 71.6 Å². The van der Waals surface area contributed by atoms with Crippen molar-refractivity contribution in [2.45, 2.75) is 0 Å². The molecule has 0 amide bonds. The highest BCUT2D eigenvalue weighted by Gasteiger charge is 2.32. The summed E-state index contributed by atoms with van der Waals surface area (Å²) in [5.74, 6) is 0. The molecule has 5 aromatic rings. The van der Waals surface area contributed by atoms with Gasteiger partial charge < -0.3 is 9.47 Å². The molecule has 8 heteroatoms. The topological polar surface area (TPSA) is 90.2 Å². The minimum absolute atomic E-state index is 0.00133. The lowest BCUT2D eigenvalue weighted by Crippen LogP contribution is -2.07. The summed E-state index contributed by atoms with van der Waals surface area (Å²) in [5.41, 5.74) is 7.09. The fraction of sp³-hybridized carbons (Fsp3) is 0.111. The molecule has 0 saturated carbocycles. The maximum atomic E-state index is 12.4. The van der Waals surface area contributed by atoms with Crippen molar-refractivity contribution >= 4 is 50.4 Å². The Labute approximate surface area is 200 Å². The van der Waals surface area contributed by atoms with Crippen LogP contribution in [-0.4, -0.2) is 33.9 Å². The number of rotatable bonds is 4. The molecule has 3 aromatic carbocycles. The second-order valence-corrected chi connectivity index (χ2v) is 8.88. The molecule has 2 heterocycles. The van der Waals surface area contributed by atoms with Gasteiger partial charge in [-0.2, -0.15) is 0 Å². The monoisotopic (exact) mass is 463 g/mol. The summed E-state index contributed by atoms with van der Waals surface area (Å²) in [6.07, 6.45) is 7.64. The highest BCUT2D eigenvalue weighted by Crippen LogP contribution is 2.47. The lowest BCUT2D eigenvalue weighted by Gasteiger charge is -2.12. The predicted molar refractivity (Wildman–Crippen MR) is 137 cm³/mol. The van der Waals surface area contributed by atoms with E-state index >= 15 is 0 Å². The molecule has 0 aliphatic heterocycles. The highest BCUT2D eigenvalue weighted by atomic mass is 16.6. The van der Waals surface area contributed by atoms with Gasteiger partial charge in [-0.15, -0.1) is 0 Å². The van der Waals surface area contributed by atoms with E-state index in [1.54, 1.807) is 17.0 Å². The third-order valence-corrected chi connectivity index (χ3v) is 6.44. The van der Waals surface area contributed by atoms with E-state index in [2.05, 4.69) is 45.6 Å². The minimum atomic E-state index is -0.336. The van der Waals surface area contributed by atoms with E-state index in [1.807, 2.05) is 51.5 Å². The molecule has 6 rings (SSSR count). The van der Waals surface area contributed by atoms with Crippen LogP contribution in [0.2, 0.25) is 0 Å². The van der Waals surface area contributed by atoms with Gasteiger partial charge >= 0.3 is 0 Å². The quantitative estimate of drug-likeness (QED) is 0.252. The van der Waals surface area contributed by atoms with Gasteiger partial charge in [0, 0.05) is 44.6 Å². The number of benzene rings is 3. The molecule has 0 saturated heterocycles. The number of nitro groups is 1. The Morgan fingerprint density at radius 2 is 1.66 bits per heavy atom. The van der Waals surface area contributed by atoms with Crippen LogP contribution in [0.25, 0.3) is 39.0 Å². The average molecular weight is 463 g/mol. The van der Waals surface area contributed by atoms with Gasteiger partial charge in [0.1, 0.15) is 5.52 Å². The molecule has 0 radical (unpaired) electrons. The van der Waals surface area contributed by atoms with Crippen molar-refractivity contribution in [2.24, 2.45) is 7.05 Å². The summed E-state index contributed by atoms with van der Waals surface area (Å²) in [5, 5.41) is 21.8. The summed E-state index contributed by atoms with van der Waals surface area (Å²) in [4.78, 5) is 14.1. The zero-order valence-electron chi connectivity index (χ0n) is 19.4. The van der Waals surface area contributed by atoms with Gasteiger partial charge in [-0.05, 0) is 62.4 Å². The molecule has 0 atom stereocenters. The molecule has 0 bridgehead atoms. The lowest BCUT2D eigenvalue weighted by atomic mass is 9.94. The van der Waals surface area contributed by atoms with Crippen molar-refractivity contribution in [2.75, 3.05) is 19.0 Å². The lowest BCUT2D eigenvalue weighted by molar-refractivity contribution is -0.383.